The third-order valence-electron chi connectivity index (χ3n) is 2.56. The third-order valence-corrected chi connectivity index (χ3v) is 4.99. The van der Waals surface area contributed by atoms with Crippen LogP contribution in [0.15, 0.2) is 24.3 Å². The molecule has 0 rings (SSSR count). The van der Waals surface area contributed by atoms with Crippen LogP contribution in [0.25, 0.3) is 0 Å². The smallest absolute Gasteiger partial charge is 0.217 e. The molecular formula is C16H26O3S2. The van der Waals surface area contributed by atoms with Gasteiger partial charge in [-0.2, -0.15) is 0 Å². The Hall–Kier alpha value is -0.520. The number of thioether (sulfide) groups is 2. The van der Waals surface area contributed by atoms with Crippen LogP contribution in [-0.2, 0) is 14.3 Å². The van der Waals surface area contributed by atoms with Crippen LogP contribution < -0.4 is 0 Å². The lowest BCUT2D eigenvalue weighted by molar-refractivity contribution is -0.108. The zero-order valence-electron chi connectivity index (χ0n) is 13.9. The lowest BCUT2D eigenvalue weighted by Gasteiger charge is -2.28. The van der Waals surface area contributed by atoms with Crippen molar-refractivity contribution in [2.45, 2.75) is 57.6 Å². The van der Waals surface area contributed by atoms with Crippen LogP contribution in [0.1, 0.15) is 48.0 Å². The molecule has 0 aliphatic rings. The molecule has 0 unspecified atom stereocenters. The Morgan fingerprint density at radius 3 is 1.81 bits per heavy atom. The zero-order valence-corrected chi connectivity index (χ0v) is 15.5. The fourth-order valence-electron chi connectivity index (χ4n) is 1.27. The van der Waals surface area contributed by atoms with E-state index in [0.29, 0.717) is 24.2 Å². The quantitative estimate of drug-likeness (QED) is 0.481. The van der Waals surface area contributed by atoms with Crippen molar-refractivity contribution in [1.82, 2.24) is 0 Å². The van der Waals surface area contributed by atoms with Crippen molar-refractivity contribution in [3.63, 3.8) is 0 Å². The third kappa shape index (κ3) is 9.17. The van der Waals surface area contributed by atoms with Crippen molar-refractivity contribution in [2.24, 2.45) is 0 Å². The average molecular weight is 331 g/mol. The van der Waals surface area contributed by atoms with E-state index in [1.807, 2.05) is 27.7 Å². The first kappa shape index (κ1) is 20.5. The molecule has 120 valence electrons. The van der Waals surface area contributed by atoms with E-state index in [1.54, 1.807) is 13.8 Å². The van der Waals surface area contributed by atoms with E-state index in [-0.39, 0.29) is 15.0 Å². The highest BCUT2D eigenvalue weighted by atomic mass is 32.2. The molecule has 0 heterocycles. The molecule has 0 bridgehead atoms. The molecule has 3 nitrogen and oxygen atoms in total. The molecule has 21 heavy (non-hydrogen) atoms. The van der Waals surface area contributed by atoms with E-state index in [4.69, 9.17) is 4.74 Å². The number of carbonyl (C=O) groups excluding carboxylic acids is 2. The monoisotopic (exact) mass is 330 g/mol. The Labute approximate surface area is 137 Å². The fourth-order valence-corrected chi connectivity index (χ4v) is 2.90. The van der Waals surface area contributed by atoms with Gasteiger partial charge in [0.25, 0.3) is 0 Å². The second kappa shape index (κ2) is 8.20. The van der Waals surface area contributed by atoms with Gasteiger partial charge in [-0.25, -0.2) is 0 Å². The van der Waals surface area contributed by atoms with Gasteiger partial charge in [0.05, 0.1) is 0 Å². The van der Waals surface area contributed by atoms with Crippen molar-refractivity contribution in [3.05, 3.63) is 24.3 Å². The minimum absolute atomic E-state index is 0.00564. The molecule has 0 aromatic heterocycles. The standard InChI is InChI=1S/C16H26O3S2/c1-11(2)13(17)20-15(5,6)9-10-19-16(7,8)21-14(18)12(3)4/h1,3,9-10H2,2,4-8H3. The molecule has 0 saturated carbocycles. The minimum Gasteiger partial charge on any atom is -0.364 e. The molecule has 0 aromatic carbocycles. The summed E-state index contributed by atoms with van der Waals surface area (Å²) < 4.78 is 5.56. The van der Waals surface area contributed by atoms with Gasteiger partial charge in [0.15, 0.2) is 0 Å². The molecule has 0 saturated heterocycles. The van der Waals surface area contributed by atoms with Gasteiger partial charge in [-0.3, -0.25) is 9.59 Å². The largest absolute Gasteiger partial charge is 0.364 e. The molecule has 0 fully saturated rings. The summed E-state index contributed by atoms with van der Waals surface area (Å²) in [4.78, 5) is 22.8. The van der Waals surface area contributed by atoms with Crippen LogP contribution in [0.5, 0.6) is 0 Å². The van der Waals surface area contributed by atoms with E-state index < -0.39 is 4.93 Å². The Kier molecular flexibility index (Phi) is 8.00. The zero-order chi connectivity index (χ0) is 16.8. The summed E-state index contributed by atoms with van der Waals surface area (Å²) in [6.45, 7) is 18.9. The second-order valence-corrected chi connectivity index (χ2v) is 9.34. The highest BCUT2D eigenvalue weighted by Crippen LogP contribution is 2.33. The van der Waals surface area contributed by atoms with E-state index in [1.165, 1.54) is 11.8 Å². The molecule has 0 N–H and O–H groups in total. The van der Waals surface area contributed by atoms with Gasteiger partial charge in [-0.05, 0) is 57.0 Å². The predicted octanol–water partition coefficient (Wildman–Crippen LogP) is 4.58. The van der Waals surface area contributed by atoms with Crippen LogP contribution >= 0.6 is 23.5 Å². The Morgan fingerprint density at radius 2 is 1.38 bits per heavy atom. The topological polar surface area (TPSA) is 43.4 Å². The van der Waals surface area contributed by atoms with Crippen LogP contribution in [0.3, 0.4) is 0 Å². The van der Waals surface area contributed by atoms with Crippen molar-refractivity contribution >= 4 is 33.8 Å². The van der Waals surface area contributed by atoms with Crippen molar-refractivity contribution < 1.29 is 14.3 Å². The number of hydrogen-bond acceptors (Lipinski definition) is 5. The van der Waals surface area contributed by atoms with E-state index in [0.717, 1.165) is 11.8 Å². The van der Waals surface area contributed by atoms with Crippen LogP contribution in [0.4, 0.5) is 0 Å². The van der Waals surface area contributed by atoms with Crippen LogP contribution in [0, 0.1) is 0 Å². The average Bonchev–Trinajstić information content (AvgIpc) is 2.26. The van der Waals surface area contributed by atoms with Gasteiger partial charge >= 0.3 is 0 Å². The Morgan fingerprint density at radius 1 is 0.952 bits per heavy atom. The summed E-state index contributed by atoms with van der Waals surface area (Å²) >= 11 is 2.40. The van der Waals surface area contributed by atoms with Gasteiger partial charge in [0, 0.05) is 11.4 Å². The molecule has 5 heteroatoms. The number of carbonyl (C=O) groups is 2. The normalized spacial score (nSPS) is 12.1. The highest BCUT2D eigenvalue weighted by Gasteiger charge is 2.27. The van der Waals surface area contributed by atoms with Gasteiger partial charge in [0.2, 0.25) is 10.2 Å². The van der Waals surface area contributed by atoms with E-state index in [2.05, 4.69) is 13.2 Å². The number of ether oxygens (including phenoxy) is 1. The summed E-state index contributed by atoms with van der Waals surface area (Å²) in [7, 11) is 0. The molecular weight excluding hydrogens is 304 g/mol. The maximum Gasteiger partial charge on any atom is 0.217 e. The molecule has 0 radical (unpaired) electrons. The number of hydrogen-bond donors (Lipinski definition) is 0. The van der Waals surface area contributed by atoms with Gasteiger partial charge in [-0.1, -0.05) is 38.8 Å². The first-order valence-corrected chi connectivity index (χ1v) is 8.41. The maximum atomic E-state index is 11.7. The summed E-state index contributed by atoms with van der Waals surface area (Å²) in [5, 5.41) is -0.0582. The molecule has 0 spiro atoms. The van der Waals surface area contributed by atoms with Gasteiger partial charge < -0.3 is 4.74 Å². The molecule has 0 aliphatic carbocycles. The Balaban J connectivity index is 4.34. The van der Waals surface area contributed by atoms with Crippen molar-refractivity contribution in [3.8, 4) is 0 Å². The molecule has 0 aromatic rings. The van der Waals surface area contributed by atoms with Gasteiger partial charge in [-0.15, -0.1) is 0 Å². The second-order valence-electron chi connectivity index (χ2n) is 6.10. The van der Waals surface area contributed by atoms with Gasteiger partial charge in [0.1, 0.15) is 4.93 Å². The summed E-state index contributed by atoms with van der Waals surface area (Å²) in [5.74, 6) is 0. The predicted molar refractivity (Wildman–Crippen MR) is 93.6 cm³/mol. The van der Waals surface area contributed by atoms with Crippen molar-refractivity contribution in [1.29, 1.82) is 0 Å². The molecule has 0 amide bonds. The summed E-state index contributed by atoms with van der Waals surface area (Å²) in [6.07, 6.45) is 0.710. The number of rotatable bonds is 8. The fraction of sp³-hybridized carbons (Fsp3) is 0.625. The summed E-state index contributed by atoms with van der Waals surface area (Å²) in [5.41, 5.74) is 1.07. The Bertz CT molecular complexity index is 397. The first-order chi connectivity index (χ1) is 9.36. The van der Waals surface area contributed by atoms with E-state index in [9.17, 15) is 9.59 Å². The van der Waals surface area contributed by atoms with E-state index >= 15 is 0 Å². The maximum absolute atomic E-state index is 11.7. The molecule has 0 aliphatic heterocycles. The van der Waals surface area contributed by atoms with Crippen molar-refractivity contribution in [2.75, 3.05) is 6.61 Å². The van der Waals surface area contributed by atoms with Crippen LogP contribution in [0.2, 0.25) is 0 Å². The minimum atomic E-state index is -0.602. The lowest BCUT2D eigenvalue weighted by Crippen LogP contribution is -2.27. The first-order valence-electron chi connectivity index (χ1n) is 6.78. The van der Waals surface area contributed by atoms with Crippen LogP contribution in [-0.4, -0.2) is 26.5 Å². The SMILES string of the molecule is C=C(C)C(=O)SC(C)(C)CCOC(C)(C)SC(=O)C(=C)C. The summed E-state index contributed by atoms with van der Waals surface area (Å²) in [6, 6.07) is 0. The molecule has 0 atom stereocenters. The lowest BCUT2D eigenvalue weighted by atomic mass is 10.1. The highest BCUT2D eigenvalue weighted by molar-refractivity contribution is 8.15.